The number of carbonyl (C=O) groups is 2. The summed E-state index contributed by atoms with van der Waals surface area (Å²) in [4.78, 5) is 27.2. The Kier molecular flexibility index (Phi) is 6.59. The molecule has 6 nitrogen and oxygen atoms in total. The van der Waals surface area contributed by atoms with Crippen LogP contribution in [0, 0.1) is 11.3 Å². The molecule has 32 heavy (non-hydrogen) atoms. The van der Waals surface area contributed by atoms with Gasteiger partial charge in [0.1, 0.15) is 0 Å². The third-order valence-electron chi connectivity index (χ3n) is 5.44. The largest absolute Gasteiger partial charge is 0.378 e. The summed E-state index contributed by atoms with van der Waals surface area (Å²) in [5.41, 5.74) is 3.96. The maximum absolute atomic E-state index is 13.0. The molecule has 3 aromatic carbocycles. The number of ether oxygens (including phenoxy) is 1. The van der Waals surface area contributed by atoms with Gasteiger partial charge in [0.05, 0.1) is 31.3 Å². The zero-order valence-electron chi connectivity index (χ0n) is 17.6. The summed E-state index contributed by atoms with van der Waals surface area (Å²) in [5.74, 6) is -0.180. The number of nitrogens with one attached hydrogen (secondary N) is 1. The first-order valence-electron chi connectivity index (χ1n) is 10.5. The molecule has 6 heteroatoms. The second-order valence-corrected chi connectivity index (χ2v) is 7.52. The molecule has 1 heterocycles. The van der Waals surface area contributed by atoms with E-state index in [1.54, 1.807) is 36.4 Å². The molecular weight excluding hydrogens is 402 g/mol. The van der Waals surface area contributed by atoms with Gasteiger partial charge in [0.2, 0.25) is 5.91 Å². The van der Waals surface area contributed by atoms with Crippen molar-refractivity contribution in [3.8, 4) is 17.2 Å². The van der Waals surface area contributed by atoms with E-state index in [1.807, 2.05) is 41.3 Å². The fourth-order valence-electron chi connectivity index (χ4n) is 3.73. The second kappa shape index (κ2) is 9.90. The molecule has 0 aromatic heterocycles. The van der Waals surface area contributed by atoms with Gasteiger partial charge in [0, 0.05) is 29.9 Å². The lowest BCUT2D eigenvalue weighted by Gasteiger charge is -2.26. The SMILES string of the molecule is N#Cc1ccccc1-c1ccccc1C(=O)Nc1ccc(CC(=O)N2CCOCC2)cc1. The van der Waals surface area contributed by atoms with Gasteiger partial charge in [-0.05, 0) is 35.4 Å². The fourth-order valence-corrected chi connectivity index (χ4v) is 3.73. The molecule has 160 valence electrons. The van der Waals surface area contributed by atoms with Gasteiger partial charge < -0.3 is 15.0 Å². The van der Waals surface area contributed by atoms with Crippen molar-refractivity contribution in [2.75, 3.05) is 31.6 Å². The van der Waals surface area contributed by atoms with Crippen LogP contribution in [-0.2, 0) is 16.0 Å². The first kappa shape index (κ1) is 21.3. The van der Waals surface area contributed by atoms with Crippen molar-refractivity contribution in [1.29, 1.82) is 5.26 Å². The van der Waals surface area contributed by atoms with Crippen molar-refractivity contribution in [2.45, 2.75) is 6.42 Å². The topological polar surface area (TPSA) is 82.4 Å². The summed E-state index contributed by atoms with van der Waals surface area (Å²) >= 11 is 0. The van der Waals surface area contributed by atoms with E-state index in [1.165, 1.54) is 0 Å². The molecule has 0 atom stereocenters. The number of carbonyl (C=O) groups excluding carboxylic acids is 2. The van der Waals surface area contributed by atoms with E-state index in [0.717, 1.165) is 11.1 Å². The summed E-state index contributed by atoms with van der Waals surface area (Å²) < 4.78 is 5.29. The highest BCUT2D eigenvalue weighted by molar-refractivity contribution is 6.09. The zero-order valence-corrected chi connectivity index (χ0v) is 17.6. The van der Waals surface area contributed by atoms with Crippen molar-refractivity contribution in [1.82, 2.24) is 4.90 Å². The van der Waals surface area contributed by atoms with E-state index in [-0.39, 0.29) is 11.8 Å². The van der Waals surface area contributed by atoms with E-state index in [4.69, 9.17) is 4.74 Å². The first-order valence-corrected chi connectivity index (χ1v) is 10.5. The van der Waals surface area contributed by atoms with Crippen molar-refractivity contribution in [3.05, 3.63) is 89.5 Å². The van der Waals surface area contributed by atoms with Crippen LogP contribution in [-0.4, -0.2) is 43.0 Å². The van der Waals surface area contributed by atoms with Crippen molar-refractivity contribution in [2.24, 2.45) is 0 Å². The molecule has 3 aromatic rings. The fraction of sp³-hybridized carbons (Fsp3) is 0.192. The van der Waals surface area contributed by atoms with Gasteiger partial charge in [-0.2, -0.15) is 5.26 Å². The quantitative estimate of drug-likeness (QED) is 0.673. The molecule has 0 radical (unpaired) electrons. The summed E-state index contributed by atoms with van der Waals surface area (Å²) in [6, 6.07) is 23.9. The molecule has 4 rings (SSSR count). The molecule has 0 spiro atoms. The number of rotatable bonds is 5. The third kappa shape index (κ3) is 4.85. The standard InChI is InChI=1S/C26H23N3O3/c27-18-20-5-1-2-6-22(20)23-7-3-4-8-24(23)26(31)28-21-11-9-19(10-12-21)17-25(30)29-13-15-32-16-14-29/h1-12H,13-17H2,(H,28,31). The van der Waals surface area contributed by atoms with Gasteiger partial charge in [0.25, 0.3) is 5.91 Å². The van der Waals surface area contributed by atoms with Crippen LogP contribution in [0.3, 0.4) is 0 Å². The molecule has 1 aliphatic rings. The Balaban J connectivity index is 1.47. The molecule has 2 amide bonds. The minimum absolute atomic E-state index is 0.0789. The first-order chi connectivity index (χ1) is 15.7. The third-order valence-corrected chi connectivity index (χ3v) is 5.44. The van der Waals surface area contributed by atoms with Gasteiger partial charge in [0.15, 0.2) is 0 Å². The highest BCUT2D eigenvalue weighted by Gasteiger charge is 2.18. The number of amides is 2. The summed E-state index contributed by atoms with van der Waals surface area (Å²) in [6.07, 6.45) is 0.321. The van der Waals surface area contributed by atoms with E-state index < -0.39 is 0 Å². The molecule has 1 N–H and O–H groups in total. The lowest BCUT2D eigenvalue weighted by Crippen LogP contribution is -2.41. The Morgan fingerprint density at radius 2 is 1.56 bits per heavy atom. The number of anilines is 1. The number of nitrogens with zero attached hydrogens (tertiary/aromatic N) is 2. The van der Waals surface area contributed by atoms with E-state index in [0.29, 0.717) is 55.1 Å². The maximum Gasteiger partial charge on any atom is 0.256 e. The average molecular weight is 425 g/mol. The van der Waals surface area contributed by atoms with E-state index in [9.17, 15) is 14.9 Å². The van der Waals surface area contributed by atoms with E-state index in [2.05, 4.69) is 11.4 Å². The minimum atomic E-state index is -0.259. The highest BCUT2D eigenvalue weighted by Crippen LogP contribution is 2.27. The van der Waals surface area contributed by atoms with Crippen LogP contribution in [0.4, 0.5) is 5.69 Å². The van der Waals surface area contributed by atoms with Gasteiger partial charge in [-0.15, -0.1) is 0 Å². The Labute approximate surface area is 187 Å². The van der Waals surface area contributed by atoms with Crippen molar-refractivity contribution < 1.29 is 14.3 Å². The number of morpholine rings is 1. The van der Waals surface area contributed by atoms with Gasteiger partial charge >= 0.3 is 0 Å². The minimum Gasteiger partial charge on any atom is -0.378 e. The number of hydrogen-bond acceptors (Lipinski definition) is 4. The Morgan fingerprint density at radius 3 is 2.28 bits per heavy atom. The number of hydrogen-bond donors (Lipinski definition) is 1. The normalized spacial score (nSPS) is 13.3. The Morgan fingerprint density at radius 1 is 0.906 bits per heavy atom. The van der Waals surface area contributed by atoms with Crippen LogP contribution >= 0.6 is 0 Å². The van der Waals surface area contributed by atoms with Crippen LogP contribution in [0.5, 0.6) is 0 Å². The molecule has 1 aliphatic heterocycles. The van der Waals surface area contributed by atoms with E-state index >= 15 is 0 Å². The van der Waals surface area contributed by atoms with Crippen LogP contribution in [0.2, 0.25) is 0 Å². The number of benzene rings is 3. The predicted molar refractivity (Wildman–Crippen MR) is 122 cm³/mol. The lowest BCUT2D eigenvalue weighted by atomic mass is 9.95. The van der Waals surface area contributed by atoms with Gasteiger partial charge in [-0.1, -0.05) is 48.5 Å². The smallest absolute Gasteiger partial charge is 0.256 e. The molecule has 0 bridgehead atoms. The van der Waals surface area contributed by atoms with Gasteiger partial charge in [-0.25, -0.2) is 0 Å². The lowest BCUT2D eigenvalue weighted by molar-refractivity contribution is -0.134. The molecule has 0 saturated carbocycles. The number of nitriles is 1. The Hall–Kier alpha value is -3.95. The Bertz CT molecular complexity index is 1160. The average Bonchev–Trinajstić information content (AvgIpc) is 2.85. The summed E-state index contributed by atoms with van der Waals surface area (Å²) in [7, 11) is 0. The second-order valence-electron chi connectivity index (χ2n) is 7.52. The zero-order chi connectivity index (χ0) is 22.3. The summed E-state index contributed by atoms with van der Waals surface area (Å²) in [6.45, 7) is 2.41. The van der Waals surface area contributed by atoms with Crippen molar-refractivity contribution in [3.63, 3.8) is 0 Å². The summed E-state index contributed by atoms with van der Waals surface area (Å²) in [5, 5.41) is 12.3. The highest BCUT2D eigenvalue weighted by atomic mass is 16.5. The van der Waals surface area contributed by atoms with Crippen LogP contribution in [0.15, 0.2) is 72.8 Å². The molecular formula is C26H23N3O3. The molecule has 0 aliphatic carbocycles. The van der Waals surface area contributed by atoms with Crippen molar-refractivity contribution >= 4 is 17.5 Å². The molecule has 1 saturated heterocycles. The predicted octanol–water partition coefficient (Wildman–Crippen LogP) is 3.88. The van der Waals surface area contributed by atoms with Crippen LogP contribution in [0.1, 0.15) is 21.5 Å². The maximum atomic E-state index is 13.0. The van der Waals surface area contributed by atoms with Crippen LogP contribution in [0.25, 0.3) is 11.1 Å². The molecule has 0 unspecified atom stereocenters. The van der Waals surface area contributed by atoms with Crippen LogP contribution < -0.4 is 5.32 Å². The molecule has 1 fully saturated rings. The monoisotopic (exact) mass is 425 g/mol. The van der Waals surface area contributed by atoms with Gasteiger partial charge in [-0.3, -0.25) is 9.59 Å².